The van der Waals surface area contributed by atoms with E-state index in [1.54, 1.807) is 11.8 Å². The van der Waals surface area contributed by atoms with Crippen LogP contribution in [0.4, 0.5) is 18.0 Å². The fourth-order valence-electron chi connectivity index (χ4n) is 6.94. The number of ketones is 1. The van der Waals surface area contributed by atoms with Crippen LogP contribution in [0.3, 0.4) is 0 Å². The Morgan fingerprint density at radius 2 is 1.85 bits per heavy atom. The molecule has 6 nitrogen and oxygen atoms in total. The van der Waals surface area contributed by atoms with E-state index in [9.17, 15) is 22.8 Å². The van der Waals surface area contributed by atoms with Crippen LogP contribution >= 0.6 is 0 Å². The van der Waals surface area contributed by atoms with Crippen molar-refractivity contribution < 1.29 is 27.5 Å². The third-order valence-corrected chi connectivity index (χ3v) is 8.80. The van der Waals surface area contributed by atoms with Crippen LogP contribution in [0.5, 0.6) is 0 Å². The summed E-state index contributed by atoms with van der Waals surface area (Å²) in [4.78, 5) is 33.2. The molecular formula is C31H34F3N3O3. The van der Waals surface area contributed by atoms with Crippen molar-refractivity contribution in [1.29, 1.82) is 0 Å². The zero-order valence-electron chi connectivity index (χ0n) is 22.7. The van der Waals surface area contributed by atoms with Crippen molar-refractivity contribution in [2.45, 2.75) is 76.9 Å². The molecule has 9 heteroatoms. The SMILES string of the molecule is CCOC(=O)N1CC2(Cc3cc4ccccc4cc3C(Cc3nc4c(n3CCCC(F)(F)F)CCCC4)C2=O)C1. The van der Waals surface area contributed by atoms with Crippen LogP contribution in [0.15, 0.2) is 36.4 Å². The van der Waals surface area contributed by atoms with Gasteiger partial charge in [-0.25, -0.2) is 9.78 Å². The quantitative estimate of drug-likeness (QED) is 0.366. The summed E-state index contributed by atoms with van der Waals surface area (Å²) >= 11 is 0. The maximum absolute atomic E-state index is 14.3. The monoisotopic (exact) mass is 553 g/mol. The van der Waals surface area contributed by atoms with Gasteiger partial charge in [-0.1, -0.05) is 36.4 Å². The number of rotatable bonds is 6. The summed E-state index contributed by atoms with van der Waals surface area (Å²) in [5.41, 5.74) is 3.35. The van der Waals surface area contributed by atoms with Gasteiger partial charge in [-0.15, -0.1) is 0 Å². The predicted octanol–water partition coefficient (Wildman–Crippen LogP) is 6.17. The number of carbonyl (C=O) groups is 2. The van der Waals surface area contributed by atoms with Crippen molar-refractivity contribution in [2.24, 2.45) is 5.41 Å². The lowest BCUT2D eigenvalue weighted by Gasteiger charge is -2.52. The van der Waals surface area contributed by atoms with Crippen LogP contribution in [-0.4, -0.2) is 52.2 Å². The summed E-state index contributed by atoms with van der Waals surface area (Å²) in [5.74, 6) is 0.298. The molecule has 3 aliphatic rings. The van der Waals surface area contributed by atoms with E-state index in [0.29, 0.717) is 31.8 Å². The van der Waals surface area contributed by atoms with E-state index in [1.807, 2.05) is 22.8 Å². The van der Waals surface area contributed by atoms with Gasteiger partial charge < -0.3 is 14.2 Å². The molecule has 6 rings (SSSR count). The summed E-state index contributed by atoms with van der Waals surface area (Å²) in [5, 5.41) is 2.14. The normalized spacial score (nSPS) is 19.9. The average molecular weight is 554 g/mol. The molecule has 40 heavy (non-hydrogen) atoms. The number of Topliss-reactive ketones (excluding diaryl/α,β-unsaturated/α-hetero) is 1. The highest BCUT2D eigenvalue weighted by atomic mass is 19.4. The Hall–Kier alpha value is -3.36. The Balaban J connectivity index is 1.37. The fraction of sp³-hybridized carbons (Fsp3) is 0.516. The highest BCUT2D eigenvalue weighted by molar-refractivity contribution is 5.98. The first-order valence-electron chi connectivity index (χ1n) is 14.3. The van der Waals surface area contributed by atoms with E-state index in [-0.39, 0.29) is 25.4 Å². The predicted molar refractivity (Wildman–Crippen MR) is 144 cm³/mol. The number of hydrogen-bond acceptors (Lipinski definition) is 4. The highest BCUT2D eigenvalue weighted by Crippen LogP contribution is 2.47. The van der Waals surface area contributed by atoms with Gasteiger partial charge in [0.25, 0.3) is 0 Å². The number of halogens is 3. The van der Waals surface area contributed by atoms with Crippen molar-refractivity contribution in [3.63, 3.8) is 0 Å². The van der Waals surface area contributed by atoms with Crippen molar-refractivity contribution in [3.8, 4) is 0 Å². The lowest BCUT2D eigenvalue weighted by atomic mass is 9.61. The number of ether oxygens (including phenoxy) is 1. The van der Waals surface area contributed by atoms with Gasteiger partial charge >= 0.3 is 12.3 Å². The molecule has 1 unspecified atom stereocenters. The Morgan fingerprint density at radius 3 is 2.58 bits per heavy atom. The van der Waals surface area contributed by atoms with Gasteiger partial charge in [-0.2, -0.15) is 13.2 Å². The van der Waals surface area contributed by atoms with E-state index in [4.69, 9.17) is 9.72 Å². The summed E-state index contributed by atoms with van der Waals surface area (Å²) in [6.07, 6.45) is -0.978. The van der Waals surface area contributed by atoms with Crippen LogP contribution in [0, 0.1) is 5.41 Å². The number of imidazole rings is 1. The Labute approximate surface area is 231 Å². The largest absolute Gasteiger partial charge is 0.450 e. The van der Waals surface area contributed by atoms with E-state index in [0.717, 1.165) is 59.0 Å². The number of nitrogens with zero attached hydrogens (tertiary/aromatic N) is 3. The smallest absolute Gasteiger partial charge is 0.409 e. The van der Waals surface area contributed by atoms with Gasteiger partial charge in [0, 0.05) is 38.2 Å². The minimum Gasteiger partial charge on any atom is -0.450 e. The zero-order chi connectivity index (χ0) is 28.1. The summed E-state index contributed by atoms with van der Waals surface area (Å²) in [7, 11) is 0. The first kappa shape index (κ1) is 26.8. The molecule has 0 bridgehead atoms. The molecule has 1 fully saturated rings. The van der Waals surface area contributed by atoms with Gasteiger partial charge in [0.05, 0.1) is 23.6 Å². The first-order chi connectivity index (χ1) is 19.2. The molecule has 0 N–H and O–H groups in total. The third kappa shape index (κ3) is 4.88. The molecule has 2 aromatic carbocycles. The van der Waals surface area contributed by atoms with Crippen molar-refractivity contribution >= 4 is 22.6 Å². The van der Waals surface area contributed by atoms with E-state index in [2.05, 4.69) is 18.2 Å². The number of fused-ring (bicyclic) bond motifs is 3. The van der Waals surface area contributed by atoms with Gasteiger partial charge in [-0.3, -0.25) is 4.79 Å². The van der Waals surface area contributed by atoms with Crippen LogP contribution in [0.1, 0.15) is 66.9 Å². The van der Waals surface area contributed by atoms with Gasteiger partial charge in [0.1, 0.15) is 5.82 Å². The second-order valence-corrected chi connectivity index (χ2v) is 11.5. The molecule has 1 atom stereocenters. The van der Waals surface area contributed by atoms with E-state index < -0.39 is 30.0 Å². The van der Waals surface area contributed by atoms with Gasteiger partial charge in [0.15, 0.2) is 5.78 Å². The maximum Gasteiger partial charge on any atom is 0.409 e. The molecule has 1 saturated heterocycles. The standard InChI is InChI=1S/C31H34F3N3O3/c1-2-40-29(39)36-18-30(19-36)17-22-14-20-8-3-4-9-21(20)15-23(22)24(28(30)38)16-27-35-25-10-5-6-11-26(25)37(27)13-7-12-31(32,33)34/h3-4,8-9,14-15,24H,2,5-7,10-13,16-19H2,1H3. The Bertz CT molecular complexity index is 1460. The Morgan fingerprint density at radius 1 is 1.12 bits per heavy atom. The van der Waals surface area contributed by atoms with Crippen LogP contribution in [0.2, 0.25) is 0 Å². The zero-order valence-corrected chi connectivity index (χ0v) is 22.7. The molecule has 212 valence electrons. The second-order valence-electron chi connectivity index (χ2n) is 11.5. The molecule has 1 amide bonds. The number of aromatic nitrogens is 2. The Kier molecular flexibility index (Phi) is 6.87. The third-order valence-electron chi connectivity index (χ3n) is 8.80. The van der Waals surface area contributed by atoms with Crippen molar-refractivity contribution in [3.05, 3.63) is 64.7 Å². The number of benzene rings is 2. The summed E-state index contributed by atoms with van der Waals surface area (Å²) in [6, 6.07) is 12.3. The molecule has 0 radical (unpaired) electrons. The number of aryl methyl sites for hydroxylation is 1. The topological polar surface area (TPSA) is 64.4 Å². The lowest BCUT2D eigenvalue weighted by molar-refractivity contribution is -0.140. The molecule has 0 saturated carbocycles. The molecule has 1 aromatic heterocycles. The molecule has 1 aliphatic heterocycles. The molecule has 3 aromatic rings. The van der Waals surface area contributed by atoms with Crippen LogP contribution in [0.25, 0.3) is 10.8 Å². The van der Waals surface area contributed by atoms with Crippen molar-refractivity contribution in [1.82, 2.24) is 14.5 Å². The number of amides is 1. The molecule has 2 aliphatic carbocycles. The number of likely N-dealkylation sites (tertiary alicyclic amines) is 1. The maximum atomic E-state index is 14.3. The highest BCUT2D eigenvalue weighted by Gasteiger charge is 2.56. The van der Waals surface area contributed by atoms with Crippen molar-refractivity contribution in [2.75, 3.05) is 19.7 Å². The fourth-order valence-corrected chi connectivity index (χ4v) is 6.94. The summed E-state index contributed by atoms with van der Waals surface area (Å²) in [6.45, 7) is 2.89. The van der Waals surface area contributed by atoms with E-state index >= 15 is 0 Å². The van der Waals surface area contributed by atoms with Gasteiger partial charge in [0.2, 0.25) is 0 Å². The second kappa shape index (κ2) is 10.2. The van der Waals surface area contributed by atoms with Gasteiger partial charge in [-0.05, 0) is 67.3 Å². The minimum atomic E-state index is -4.21. The first-order valence-corrected chi connectivity index (χ1v) is 14.3. The van der Waals surface area contributed by atoms with Crippen LogP contribution < -0.4 is 0 Å². The summed E-state index contributed by atoms with van der Waals surface area (Å²) < 4.78 is 46.2. The molecule has 2 heterocycles. The number of carbonyl (C=O) groups excluding carboxylic acids is 2. The average Bonchev–Trinajstić information content (AvgIpc) is 3.24. The number of hydrogen-bond donors (Lipinski definition) is 0. The molecular weight excluding hydrogens is 519 g/mol. The number of alkyl halides is 3. The van der Waals surface area contributed by atoms with Crippen LogP contribution in [-0.2, 0) is 41.8 Å². The minimum absolute atomic E-state index is 0.0163. The lowest BCUT2D eigenvalue weighted by Crippen LogP contribution is -2.65. The molecule has 1 spiro atoms. The van der Waals surface area contributed by atoms with E-state index in [1.165, 1.54) is 0 Å².